The van der Waals surface area contributed by atoms with Crippen molar-refractivity contribution in [3.63, 3.8) is 0 Å². The number of ether oxygens (including phenoxy) is 1. The van der Waals surface area contributed by atoms with Gasteiger partial charge in [-0.05, 0) is 73.7 Å². The van der Waals surface area contributed by atoms with Crippen LogP contribution in [0, 0.1) is 3.57 Å². The van der Waals surface area contributed by atoms with Crippen LogP contribution in [0.15, 0.2) is 42.5 Å². The molecule has 0 aliphatic rings. The smallest absolute Gasteiger partial charge is 0.255 e. The van der Waals surface area contributed by atoms with Gasteiger partial charge in [-0.15, -0.1) is 0 Å². The summed E-state index contributed by atoms with van der Waals surface area (Å²) in [5.74, 6) is 0.200. The highest BCUT2D eigenvalue weighted by molar-refractivity contribution is 14.1. The molecule has 0 saturated heterocycles. The molecule has 0 aliphatic heterocycles. The van der Waals surface area contributed by atoms with E-state index in [2.05, 4.69) is 33.2 Å². The van der Waals surface area contributed by atoms with Gasteiger partial charge >= 0.3 is 0 Å². The fourth-order valence-corrected chi connectivity index (χ4v) is 2.94. The van der Waals surface area contributed by atoms with E-state index in [1.165, 1.54) is 0 Å². The zero-order valence-electron chi connectivity index (χ0n) is 14.6. The number of benzene rings is 2. The van der Waals surface area contributed by atoms with Crippen LogP contribution in [-0.4, -0.2) is 24.5 Å². The molecule has 0 unspecified atom stereocenters. The molecule has 2 N–H and O–H groups in total. The van der Waals surface area contributed by atoms with Gasteiger partial charge in [0.15, 0.2) is 0 Å². The first-order valence-electron chi connectivity index (χ1n) is 7.77. The largest absolute Gasteiger partial charge is 0.496 e. The third-order valence-corrected chi connectivity index (χ3v) is 4.17. The Kier molecular flexibility index (Phi) is 6.05. The Morgan fingerprint density at radius 2 is 1.72 bits per heavy atom. The van der Waals surface area contributed by atoms with E-state index in [4.69, 9.17) is 4.74 Å². The number of carbonyl (C=O) groups is 2. The quantitative estimate of drug-likeness (QED) is 0.688. The number of methoxy groups -OCH3 is 1. The molecule has 5 nitrogen and oxygen atoms in total. The minimum absolute atomic E-state index is 0.229. The Labute approximate surface area is 161 Å². The Morgan fingerprint density at radius 1 is 1.04 bits per heavy atom. The molecule has 0 aromatic heterocycles. The Bertz CT molecular complexity index is 797. The molecular weight excluding hydrogens is 431 g/mol. The first kappa shape index (κ1) is 19.2. The van der Waals surface area contributed by atoms with Crippen molar-refractivity contribution in [2.75, 3.05) is 12.4 Å². The number of carbonyl (C=O) groups excluding carboxylic acids is 2. The van der Waals surface area contributed by atoms with Crippen molar-refractivity contribution < 1.29 is 14.3 Å². The van der Waals surface area contributed by atoms with Crippen molar-refractivity contribution in [3.8, 4) is 5.75 Å². The third-order valence-electron chi connectivity index (χ3n) is 3.32. The predicted octanol–water partition coefficient (Wildman–Crippen LogP) is 4.08. The zero-order valence-corrected chi connectivity index (χ0v) is 16.8. The average Bonchev–Trinajstić information content (AvgIpc) is 2.53. The molecule has 6 heteroatoms. The van der Waals surface area contributed by atoms with Crippen LogP contribution >= 0.6 is 22.6 Å². The number of para-hydroxylation sites is 1. The van der Waals surface area contributed by atoms with Crippen molar-refractivity contribution >= 4 is 40.1 Å². The molecule has 0 aliphatic carbocycles. The first-order valence-corrected chi connectivity index (χ1v) is 8.85. The van der Waals surface area contributed by atoms with Crippen LogP contribution in [0.2, 0.25) is 0 Å². The van der Waals surface area contributed by atoms with E-state index in [0.29, 0.717) is 22.6 Å². The highest BCUT2D eigenvalue weighted by Gasteiger charge is 2.19. The number of rotatable bonds is 4. The minimum atomic E-state index is -0.361. The van der Waals surface area contributed by atoms with Crippen LogP contribution in [0.4, 0.5) is 5.69 Å². The van der Waals surface area contributed by atoms with Crippen LogP contribution in [-0.2, 0) is 0 Å². The summed E-state index contributed by atoms with van der Waals surface area (Å²) in [4.78, 5) is 25.0. The molecule has 132 valence electrons. The molecule has 0 saturated carbocycles. The van der Waals surface area contributed by atoms with Gasteiger partial charge in [-0.3, -0.25) is 9.59 Å². The van der Waals surface area contributed by atoms with Crippen molar-refractivity contribution in [1.29, 1.82) is 0 Å². The number of amides is 2. The Hall–Kier alpha value is -2.09. The van der Waals surface area contributed by atoms with Crippen molar-refractivity contribution in [1.82, 2.24) is 5.32 Å². The molecule has 0 atom stereocenters. The van der Waals surface area contributed by atoms with Crippen LogP contribution in [0.25, 0.3) is 0 Å². The van der Waals surface area contributed by atoms with E-state index in [1.54, 1.807) is 49.6 Å². The lowest BCUT2D eigenvalue weighted by molar-refractivity contribution is 0.0920. The lowest BCUT2D eigenvalue weighted by Gasteiger charge is -2.21. The molecule has 0 radical (unpaired) electrons. The van der Waals surface area contributed by atoms with Crippen molar-refractivity contribution in [2.45, 2.75) is 26.3 Å². The van der Waals surface area contributed by atoms with E-state index in [1.807, 2.05) is 20.8 Å². The van der Waals surface area contributed by atoms with Gasteiger partial charge in [-0.1, -0.05) is 12.1 Å². The van der Waals surface area contributed by atoms with E-state index in [9.17, 15) is 9.59 Å². The molecule has 0 spiro atoms. The highest BCUT2D eigenvalue weighted by Crippen LogP contribution is 2.23. The standard InChI is InChI=1S/C19H21IN2O3/c1-19(2,3)22-18(24)13-7-5-6-8-15(13)21-17(23)12-9-10-16(25-4)14(20)11-12/h5-11H,1-4H3,(H,21,23)(H,22,24). The van der Waals surface area contributed by atoms with Gasteiger partial charge < -0.3 is 15.4 Å². The van der Waals surface area contributed by atoms with Gasteiger partial charge in [0.05, 0.1) is 21.9 Å². The maximum Gasteiger partial charge on any atom is 0.255 e. The number of halogens is 1. The van der Waals surface area contributed by atoms with Crippen LogP contribution in [0.5, 0.6) is 5.75 Å². The van der Waals surface area contributed by atoms with Crippen LogP contribution < -0.4 is 15.4 Å². The molecule has 25 heavy (non-hydrogen) atoms. The number of nitrogens with one attached hydrogen (secondary N) is 2. The molecule has 2 amide bonds. The number of hydrogen-bond donors (Lipinski definition) is 2. The molecule has 2 aromatic rings. The third kappa shape index (κ3) is 5.19. The summed E-state index contributed by atoms with van der Waals surface area (Å²) in [5.41, 5.74) is 1.03. The average molecular weight is 452 g/mol. The van der Waals surface area contributed by atoms with Crippen LogP contribution in [0.1, 0.15) is 41.5 Å². The van der Waals surface area contributed by atoms with E-state index >= 15 is 0 Å². The zero-order chi connectivity index (χ0) is 18.6. The minimum Gasteiger partial charge on any atom is -0.496 e. The SMILES string of the molecule is COc1ccc(C(=O)Nc2ccccc2C(=O)NC(C)(C)C)cc1I. The second-order valence-corrected chi connectivity index (χ2v) is 7.72. The Morgan fingerprint density at radius 3 is 2.32 bits per heavy atom. The second kappa shape index (κ2) is 7.86. The van der Waals surface area contributed by atoms with Crippen molar-refractivity contribution in [2.24, 2.45) is 0 Å². The normalized spacial score (nSPS) is 10.9. The van der Waals surface area contributed by atoms with Gasteiger partial charge in [0, 0.05) is 11.1 Å². The summed E-state index contributed by atoms with van der Waals surface area (Å²) < 4.78 is 6.04. The van der Waals surface area contributed by atoms with E-state index < -0.39 is 0 Å². The lowest BCUT2D eigenvalue weighted by atomic mass is 10.1. The summed E-state index contributed by atoms with van der Waals surface area (Å²) in [6.45, 7) is 5.72. The monoisotopic (exact) mass is 452 g/mol. The fraction of sp³-hybridized carbons (Fsp3) is 0.263. The lowest BCUT2D eigenvalue weighted by Crippen LogP contribution is -2.40. The predicted molar refractivity (Wildman–Crippen MR) is 107 cm³/mol. The summed E-state index contributed by atoms with van der Waals surface area (Å²) >= 11 is 2.11. The Balaban J connectivity index is 2.24. The van der Waals surface area contributed by atoms with Gasteiger partial charge in [-0.25, -0.2) is 0 Å². The molecule has 0 bridgehead atoms. The summed E-state index contributed by atoms with van der Waals surface area (Å²) in [6, 6.07) is 12.1. The van der Waals surface area contributed by atoms with E-state index in [0.717, 1.165) is 3.57 Å². The molecule has 2 rings (SSSR count). The van der Waals surface area contributed by atoms with Crippen molar-refractivity contribution in [3.05, 3.63) is 57.2 Å². The number of hydrogen-bond acceptors (Lipinski definition) is 3. The summed E-state index contributed by atoms with van der Waals surface area (Å²) in [5, 5.41) is 5.72. The molecular formula is C19H21IN2O3. The molecule has 0 heterocycles. The summed E-state index contributed by atoms with van der Waals surface area (Å²) in [6.07, 6.45) is 0. The maximum atomic E-state index is 12.5. The fourth-order valence-electron chi connectivity index (χ4n) is 2.20. The van der Waals surface area contributed by atoms with Gasteiger partial charge in [-0.2, -0.15) is 0 Å². The summed E-state index contributed by atoms with van der Waals surface area (Å²) in [7, 11) is 1.58. The van der Waals surface area contributed by atoms with Crippen LogP contribution in [0.3, 0.4) is 0 Å². The molecule has 0 fully saturated rings. The molecule has 2 aromatic carbocycles. The van der Waals surface area contributed by atoms with Gasteiger partial charge in [0.25, 0.3) is 11.8 Å². The van der Waals surface area contributed by atoms with E-state index in [-0.39, 0.29) is 17.4 Å². The van der Waals surface area contributed by atoms with Gasteiger partial charge in [0.1, 0.15) is 5.75 Å². The highest BCUT2D eigenvalue weighted by atomic mass is 127. The number of anilines is 1. The first-order chi connectivity index (χ1) is 11.7. The topological polar surface area (TPSA) is 67.4 Å². The second-order valence-electron chi connectivity index (χ2n) is 6.55. The maximum absolute atomic E-state index is 12.5. The van der Waals surface area contributed by atoms with Gasteiger partial charge in [0.2, 0.25) is 0 Å².